The molecule has 0 saturated heterocycles. The van der Waals surface area contributed by atoms with Crippen molar-refractivity contribution in [1.29, 1.82) is 0 Å². The molecule has 1 N–H and O–H groups in total. The second kappa shape index (κ2) is 4.34. The Morgan fingerprint density at radius 1 is 1.31 bits per heavy atom. The second-order valence-corrected chi connectivity index (χ2v) is 2.92. The highest BCUT2D eigenvalue weighted by atomic mass is 19.4. The van der Waals surface area contributed by atoms with Crippen molar-refractivity contribution >= 4 is 12.0 Å². The Hall–Kier alpha value is -1.85. The number of carbonyl (C=O) groups is 1. The maximum Gasteiger partial charge on any atom is 0.409 e. The summed E-state index contributed by atoms with van der Waals surface area (Å²) in [5, 5.41) is 8.48. The van der Waals surface area contributed by atoms with Gasteiger partial charge in [-0.2, -0.15) is 13.2 Å². The molecule has 1 rings (SSSR count). The first-order chi connectivity index (χ1) is 7.29. The molecule has 0 aromatic heterocycles. The van der Waals surface area contributed by atoms with Crippen molar-refractivity contribution in [3.05, 3.63) is 41.2 Å². The van der Waals surface area contributed by atoms with Crippen LogP contribution in [0.2, 0.25) is 0 Å². The zero-order valence-corrected chi connectivity index (χ0v) is 7.75. The number of hydrogen-bond donors (Lipinski definition) is 1. The van der Waals surface area contributed by atoms with Gasteiger partial charge in [0.05, 0.1) is 5.56 Å². The van der Waals surface area contributed by atoms with Crippen LogP contribution in [0.5, 0.6) is 0 Å². The first-order valence-electron chi connectivity index (χ1n) is 4.08. The number of benzene rings is 1. The summed E-state index contributed by atoms with van der Waals surface area (Å²) < 4.78 is 48.3. The number of alkyl halides is 3. The summed E-state index contributed by atoms with van der Waals surface area (Å²) in [6.07, 6.45) is -3.88. The van der Waals surface area contributed by atoms with Gasteiger partial charge in [-0.15, -0.1) is 0 Å². The van der Waals surface area contributed by atoms with Crippen LogP contribution in [0.4, 0.5) is 17.6 Å². The average molecular weight is 234 g/mol. The Morgan fingerprint density at radius 2 is 1.94 bits per heavy atom. The van der Waals surface area contributed by atoms with Gasteiger partial charge in [0.25, 0.3) is 0 Å². The van der Waals surface area contributed by atoms with E-state index in [2.05, 4.69) is 0 Å². The molecule has 1 aromatic rings. The summed E-state index contributed by atoms with van der Waals surface area (Å²) in [7, 11) is 0. The minimum atomic E-state index is -4.48. The normalized spacial score (nSPS) is 12.0. The van der Waals surface area contributed by atoms with Gasteiger partial charge in [-0.25, -0.2) is 9.18 Å². The van der Waals surface area contributed by atoms with Crippen LogP contribution < -0.4 is 0 Å². The van der Waals surface area contributed by atoms with E-state index in [1.165, 1.54) is 0 Å². The molecule has 0 heterocycles. The summed E-state index contributed by atoms with van der Waals surface area (Å²) in [6.45, 7) is 0. The number of allylic oxidation sites excluding steroid dienone is 1. The maximum absolute atomic E-state index is 13.0. The fourth-order valence-electron chi connectivity index (χ4n) is 0.999. The lowest BCUT2D eigenvalue weighted by Gasteiger charge is -2.00. The molecule has 0 aliphatic carbocycles. The van der Waals surface area contributed by atoms with E-state index in [1.54, 1.807) is 0 Å². The molecule has 0 radical (unpaired) electrons. The zero-order chi connectivity index (χ0) is 12.3. The average Bonchev–Trinajstić information content (AvgIpc) is 2.13. The monoisotopic (exact) mass is 234 g/mol. The molecule has 0 aliphatic heterocycles. The molecule has 2 nitrogen and oxygen atoms in total. The van der Waals surface area contributed by atoms with Crippen molar-refractivity contribution < 1.29 is 27.5 Å². The maximum atomic E-state index is 13.0. The van der Waals surface area contributed by atoms with Crippen LogP contribution in [-0.4, -0.2) is 17.3 Å². The molecule has 0 spiro atoms. The van der Waals surface area contributed by atoms with Crippen LogP contribution in [0.25, 0.3) is 6.08 Å². The Kier molecular flexibility index (Phi) is 3.31. The highest BCUT2D eigenvalue weighted by molar-refractivity contribution is 5.88. The van der Waals surface area contributed by atoms with Crippen molar-refractivity contribution in [2.75, 3.05) is 0 Å². The predicted octanol–water partition coefficient (Wildman–Crippen LogP) is 3.10. The summed E-state index contributed by atoms with van der Waals surface area (Å²) in [6, 6.07) is 2.73. The molecule has 16 heavy (non-hydrogen) atoms. The minimum Gasteiger partial charge on any atom is -0.478 e. The molecule has 0 unspecified atom stereocenters. The number of halogens is 4. The topological polar surface area (TPSA) is 37.3 Å². The van der Waals surface area contributed by atoms with Gasteiger partial charge < -0.3 is 5.11 Å². The molecule has 0 aliphatic rings. The summed E-state index contributed by atoms with van der Waals surface area (Å²) in [4.78, 5) is 10.4. The molecule has 0 atom stereocenters. The van der Waals surface area contributed by atoms with E-state index in [9.17, 15) is 22.4 Å². The van der Waals surface area contributed by atoms with Gasteiger partial charge >= 0.3 is 12.1 Å². The SMILES string of the molecule is O=C(O)c1ccc(C=CC(F)(F)F)cc1F. The van der Waals surface area contributed by atoms with Gasteiger partial charge in [-0.1, -0.05) is 6.07 Å². The minimum absolute atomic E-state index is 0.0534. The Labute approximate surface area is 87.8 Å². The lowest BCUT2D eigenvalue weighted by Crippen LogP contribution is -2.01. The van der Waals surface area contributed by atoms with Gasteiger partial charge in [0.15, 0.2) is 0 Å². The third kappa shape index (κ3) is 3.38. The fourth-order valence-corrected chi connectivity index (χ4v) is 0.999. The second-order valence-electron chi connectivity index (χ2n) is 2.92. The van der Waals surface area contributed by atoms with Gasteiger partial charge in [0.1, 0.15) is 5.82 Å². The van der Waals surface area contributed by atoms with E-state index in [0.717, 1.165) is 18.2 Å². The Balaban J connectivity index is 2.99. The van der Waals surface area contributed by atoms with Crippen molar-refractivity contribution in [3.63, 3.8) is 0 Å². The van der Waals surface area contributed by atoms with E-state index >= 15 is 0 Å². The predicted molar refractivity (Wildman–Crippen MR) is 48.4 cm³/mol. The van der Waals surface area contributed by atoms with Crippen molar-refractivity contribution in [2.45, 2.75) is 6.18 Å². The van der Waals surface area contributed by atoms with Gasteiger partial charge in [-0.05, 0) is 23.8 Å². The fraction of sp³-hybridized carbons (Fsp3) is 0.100. The van der Waals surface area contributed by atoms with E-state index in [1.807, 2.05) is 0 Å². The molecule has 86 valence electrons. The van der Waals surface area contributed by atoms with Gasteiger partial charge in [0.2, 0.25) is 0 Å². The lowest BCUT2D eigenvalue weighted by molar-refractivity contribution is -0.0790. The van der Waals surface area contributed by atoms with Crippen LogP contribution in [0.15, 0.2) is 24.3 Å². The summed E-state index contributed by atoms with van der Waals surface area (Å²) >= 11 is 0. The number of hydrogen-bond acceptors (Lipinski definition) is 1. The highest BCUT2D eigenvalue weighted by Gasteiger charge is 2.21. The Morgan fingerprint density at radius 3 is 2.38 bits per heavy atom. The summed E-state index contributed by atoms with van der Waals surface area (Å²) in [5.41, 5.74) is -0.635. The highest BCUT2D eigenvalue weighted by Crippen LogP contribution is 2.19. The number of aromatic carboxylic acids is 1. The van der Waals surface area contributed by atoms with Crippen LogP contribution in [-0.2, 0) is 0 Å². The third-order valence-corrected chi connectivity index (χ3v) is 1.69. The van der Waals surface area contributed by atoms with E-state index in [4.69, 9.17) is 5.11 Å². The Bertz CT molecular complexity index is 435. The molecule has 0 saturated carbocycles. The molecular weight excluding hydrogens is 228 g/mol. The molecule has 0 amide bonds. The quantitative estimate of drug-likeness (QED) is 0.798. The molecule has 0 bridgehead atoms. The first-order valence-corrected chi connectivity index (χ1v) is 4.08. The first kappa shape index (κ1) is 12.2. The van der Waals surface area contributed by atoms with Crippen LogP contribution in [0.3, 0.4) is 0 Å². The van der Waals surface area contributed by atoms with E-state index < -0.39 is 23.5 Å². The van der Waals surface area contributed by atoms with Crippen molar-refractivity contribution in [3.8, 4) is 0 Å². The smallest absolute Gasteiger partial charge is 0.409 e. The molecule has 0 fully saturated rings. The van der Waals surface area contributed by atoms with Crippen LogP contribution in [0.1, 0.15) is 15.9 Å². The molecule has 6 heteroatoms. The number of carboxylic acids is 1. The van der Waals surface area contributed by atoms with Crippen LogP contribution >= 0.6 is 0 Å². The number of rotatable bonds is 2. The van der Waals surface area contributed by atoms with Gasteiger partial charge in [0, 0.05) is 6.08 Å². The number of carboxylic acid groups (broad SMARTS) is 1. The molecule has 1 aromatic carbocycles. The van der Waals surface area contributed by atoms with Crippen molar-refractivity contribution in [2.24, 2.45) is 0 Å². The zero-order valence-electron chi connectivity index (χ0n) is 7.75. The third-order valence-electron chi connectivity index (χ3n) is 1.69. The van der Waals surface area contributed by atoms with E-state index in [0.29, 0.717) is 6.08 Å². The van der Waals surface area contributed by atoms with Crippen LogP contribution in [0, 0.1) is 5.82 Å². The summed E-state index contributed by atoms with van der Waals surface area (Å²) in [5.74, 6) is -2.54. The largest absolute Gasteiger partial charge is 0.478 e. The van der Waals surface area contributed by atoms with E-state index in [-0.39, 0.29) is 11.6 Å². The van der Waals surface area contributed by atoms with Crippen molar-refractivity contribution in [1.82, 2.24) is 0 Å². The lowest BCUT2D eigenvalue weighted by atomic mass is 10.1. The van der Waals surface area contributed by atoms with Gasteiger partial charge in [-0.3, -0.25) is 0 Å². The molecular formula is C10H6F4O2. The standard InChI is InChI=1S/C10H6F4O2/c11-8-5-6(3-4-10(12,13)14)1-2-7(8)9(15)16/h1-5H,(H,15,16).